The highest BCUT2D eigenvalue weighted by molar-refractivity contribution is 6.31. The van der Waals surface area contributed by atoms with Crippen LogP contribution < -0.4 is 0 Å². The smallest absolute Gasteiger partial charge is 0.331 e. The number of benzene rings is 2. The summed E-state index contributed by atoms with van der Waals surface area (Å²) in [7, 11) is 0. The maximum absolute atomic E-state index is 13.1. The maximum Gasteiger partial charge on any atom is 0.416 e. The third kappa shape index (κ3) is 4.87. The predicted octanol–water partition coefficient (Wildman–Crippen LogP) is 6.17. The van der Waals surface area contributed by atoms with E-state index < -0.39 is 17.6 Å². The molecular formula is C23H23ClF3N3O. The van der Waals surface area contributed by atoms with Gasteiger partial charge in [0, 0.05) is 23.7 Å². The van der Waals surface area contributed by atoms with Crippen molar-refractivity contribution in [1.82, 2.24) is 14.5 Å². The highest BCUT2D eigenvalue weighted by Crippen LogP contribution is 2.33. The lowest BCUT2D eigenvalue weighted by Crippen LogP contribution is -2.32. The molecule has 1 aliphatic rings. The molecule has 1 amide bonds. The largest absolute Gasteiger partial charge is 0.416 e. The molecule has 1 saturated carbocycles. The number of carbonyl (C=O) groups excluding carboxylic acids is 1. The van der Waals surface area contributed by atoms with Crippen molar-refractivity contribution < 1.29 is 18.0 Å². The van der Waals surface area contributed by atoms with Crippen molar-refractivity contribution in [2.45, 2.75) is 45.5 Å². The first-order valence-corrected chi connectivity index (χ1v) is 10.7. The van der Waals surface area contributed by atoms with Crippen LogP contribution >= 0.6 is 11.6 Å². The van der Waals surface area contributed by atoms with Gasteiger partial charge in [-0.3, -0.25) is 4.79 Å². The molecule has 1 fully saturated rings. The number of carbonyl (C=O) groups is 1. The summed E-state index contributed by atoms with van der Waals surface area (Å²) < 4.78 is 41.4. The lowest BCUT2D eigenvalue weighted by atomic mass is 10.1. The molecule has 2 aromatic carbocycles. The van der Waals surface area contributed by atoms with E-state index in [9.17, 15) is 18.0 Å². The van der Waals surface area contributed by atoms with Crippen LogP contribution in [-0.4, -0.2) is 26.9 Å². The number of imidazole rings is 1. The van der Waals surface area contributed by atoms with Crippen molar-refractivity contribution in [3.8, 4) is 0 Å². The molecule has 0 aliphatic heterocycles. The summed E-state index contributed by atoms with van der Waals surface area (Å²) in [6.45, 7) is 3.37. The van der Waals surface area contributed by atoms with Crippen LogP contribution in [0.5, 0.6) is 0 Å². The minimum atomic E-state index is -4.50. The minimum absolute atomic E-state index is 0.0242. The number of amides is 1. The Hall–Kier alpha value is -2.54. The molecule has 0 bridgehead atoms. The number of nitrogens with zero attached hydrogens (tertiary/aromatic N) is 3. The van der Waals surface area contributed by atoms with Crippen LogP contribution in [0.3, 0.4) is 0 Å². The van der Waals surface area contributed by atoms with E-state index in [2.05, 4.69) is 4.57 Å². The van der Waals surface area contributed by atoms with E-state index in [1.54, 1.807) is 11.0 Å². The normalized spacial score (nSPS) is 14.2. The fourth-order valence-electron chi connectivity index (χ4n) is 3.73. The fourth-order valence-corrected chi connectivity index (χ4v) is 3.90. The van der Waals surface area contributed by atoms with Crippen LogP contribution in [0.1, 0.15) is 47.9 Å². The molecule has 1 aliphatic carbocycles. The Morgan fingerprint density at radius 2 is 2.00 bits per heavy atom. The van der Waals surface area contributed by atoms with E-state index in [1.807, 2.05) is 19.1 Å². The number of fused-ring (bicyclic) bond motifs is 1. The van der Waals surface area contributed by atoms with E-state index in [0.29, 0.717) is 23.9 Å². The minimum Gasteiger partial charge on any atom is -0.331 e. The quantitative estimate of drug-likeness (QED) is 0.432. The zero-order valence-corrected chi connectivity index (χ0v) is 17.9. The fraction of sp³-hybridized carbons (Fsp3) is 0.391. The van der Waals surface area contributed by atoms with Crippen molar-refractivity contribution in [2.24, 2.45) is 5.92 Å². The molecule has 4 nitrogen and oxygen atoms in total. The van der Waals surface area contributed by atoms with Gasteiger partial charge >= 0.3 is 6.18 Å². The van der Waals surface area contributed by atoms with E-state index in [0.717, 1.165) is 48.4 Å². The summed E-state index contributed by atoms with van der Waals surface area (Å²) in [6.07, 6.45) is -1.51. The van der Waals surface area contributed by atoms with Crippen LogP contribution in [0.4, 0.5) is 13.2 Å². The average Bonchev–Trinajstić information content (AvgIpc) is 3.49. The molecule has 3 aromatic rings. The standard InChI is InChI=1S/C23H23ClF3N3O/c1-2-10-29(22(31)16-4-3-5-17(11-16)23(25,26)27)14-21-28-19-9-8-18(24)12-20(19)30(21)13-15-6-7-15/h3-5,8-9,11-12,15H,2,6-7,10,13-14H2,1H3. The molecule has 1 aromatic heterocycles. The van der Waals surface area contributed by atoms with Gasteiger partial charge in [0.1, 0.15) is 5.82 Å². The molecule has 0 spiro atoms. The Kier molecular flexibility index (Phi) is 5.97. The number of hydrogen-bond donors (Lipinski definition) is 0. The summed E-state index contributed by atoms with van der Waals surface area (Å²) in [6, 6.07) is 10.1. The van der Waals surface area contributed by atoms with Gasteiger partial charge in [-0.15, -0.1) is 0 Å². The Bertz CT molecular complexity index is 1110. The van der Waals surface area contributed by atoms with Gasteiger partial charge in [0.2, 0.25) is 0 Å². The van der Waals surface area contributed by atoms with Crippen LogP contribution in [0.15, 0.2) is 42.5 Å². The van der Waals surface area contributed by atoms with Crippen LogP contribution in [-0.2, 0) is 19.3 Å². The monoisotopic (exact) mass is 449 g/mol. The zero-order valence-electron chi connectivity index (χ0n) is 17.1. The first-order valence-electron chi connectivity index (χ1n) is 10.4. The van der Waals surface area contributed by atoms with E-state index in [1.165, 1.54) is 12.1 Å². The van der Waals surface area contributed by atoms with Crippen LogP contribution in [0, 0.1) is 5.92 Å². The molecule has 8 heteroatoms. The summed E-state index contributed by atoms with van der Waals surface area (Å²) in [4.78, 5) is 19.4. The molecule has 0 radical (unpaired) electrons. The third-order valence-corrected chi connectivity index (χ3v) is 5.71. The third-order valence-electron chi connectivity index (χ3n) is 5.48. The van der Waals surface area contributed by atoms with Crippen molar-refractivity contribution in [3.63, 3.8) is 0 Å². The highest BCUT2D eigenvalue weighted by atomic mass is 35.5. The summed E-state index contributed by atoms with van der Waals surface area (Å²) in [5.41, 5.74) is 0.905. The van der Waals surface area contributed by atoms with Crippen LogP contribution in [0.25, 0.3) is 11.0 Å². The van der Waals surface area contributed by atoms with Crippen LogP contribution in [0.2, 0.25) is 5.02 Å². The number of halogens is 4. The molecule has 31 heavy (non-hydrogen) atoms. The van der Waals surface area contributed by atoms with Gasteiger partial charge in [0.15, 0.2) is 0 Å². The van der Waals surface area contributed by atoms with Gasteiger partial charge < -0.3 is 9.47 Å². The van der Waals surface area contributed by atoms with Crippen molar-refractivity contribution in [2.75, 3.05) is 6.54 Å². The number of rotatable bonds is 7. The van der Waals surface area contributed by atoms with Gasteiger partial charge in [0.05, 0.1) is 23.1 Å². The molecule has 1 heterocycles. The first kappa shape index (κ1) is 21.7. The topological polar surface area (TPSA) is 38.1 Å². The Labute approximate surface area is 183 Å². The van der Waals surface area contributed by atoms with Crippen molar-refractivity contribution >= 4 is 28.5 Å². The molecule has 0 saturated heterocycles. The van der Waals surface area contributed by atoms with E-state index in [-0.39, 0.29) is 12.1 Å². The van der Waals surface area contributed by atoms with E-state index >= 15 is 0 Å². The SMILES string of the molecule is CCCN(Cc1nc2ccc(Cl)cc2n1CC1CC1)C(=O)c1cccc(C(F)(F)F)c1. The Morgan fingerprint density at radius 3 is 2.68 bits per heavy atom. The lowest BCUT2D eigenvalue weighted by molar-refractivity contribution is -0.137. The molecule has 164 valence electrons. The second-order valence-corrected chi connectivity index (χ2v) is 8.46. The highest BCUT2D eigenvalue weighted by Gasteiger charge is 2.31. The van der Waals surface area contributed by atoms with Gasteiger partial charge in [-0.2, -0.15) is 13.2 Å². The van der Waals surface area contributed by atoms with Crippen molar-refractivity contribution in [3.05, 3.63) is 64.4 Å². The number of alkyl halides is 3. The Balaban J connectivity index is 1.67. The first-order chi connectivity index (χ1) is 14.8. The predicted molar refractivity (Wildman–Crippen MR) is 114 cm³/mol. The second-order valence-electron chi connectivity index (χ2n) is 8.02. The van der Waals surface area contributed by atoms with Crippen molar-refractivity contribution in [1.29, 1.82) is 0 Å². The van der Waals surface area contributed by atoms with Gasteiger partial charge in [-0.1, -0.05) is 24.6 Å². The molecule has 0 atom stereocenters. The zero-order chi connectivity index (χ0) is 22.2. The molecular weight excluding hydrogens is 427 g/mol. The summed E-state index contributed by atoms with van der Waals surface area (Å²) in [5, 5.41) is 0.612. The molecule has 4 rings (SSSR count). The number of hydrogen-bond acceptors (Lipinski definition) is 2. The summed E-state index contributed by atoms with van der Waals surface area (Å²) in [5.74, 6) is 0.864. The Morgan fingerprint density at radius 1 is 1.23 bits per heavy atom. The van der Waals surface area contributed by atoms with Gasteiger partial charge in [-0.25, -0.2) is 4.98 Å². The number of aromatic nitrogens is 2. The summed E-state index contributed by atoms with van der Waals surface area (Å²) >= 11 is 6.19. The van der Waals surface area contributed by atoms with Gasteiger partial charge in [-0.05, 0) is 61.6 Å². The van der Waals surface area contributed by atoms with E-state index in [4.69, 9.17) is 16.6 Å². The molecule has 0 unspecified atom stereocenters. The second kappa shape index (κ2) is 8.54. The lowest BCUT2D eigenvalue weighted by Gasteiger charge is -2.23. The molecule has 0 N–H and O–H groups in total. The van der Waals surface area contributed by atoms with Gasteiger partial charge in [0.25, 0.3) is 5.91 Å². The maximum atomic E-state index is 13.1. The average molecular weight is 450 g/mol.